The predicted molar refractivity (Wildman–Crippen MR) is 190 cm³/mol. The first kappa shape index (κ1) is 33.5. The molecule has 2 aromatic carbocycles. The summed E-state index contributed by atoms with van der Waals surface area (Å²) in [4.78, 5) is 12.5. The molecule has 0 unspecified atom stereocenters. The fourth-order valence-electron chi connectivity index (χ4n) is 13.7. The van der Waals surface area contributed by atoms with Gasteiger partial charge in [-0.3, -0.25) is 4.79 Å². The van der Waals surface area contributed by atoms with Crippen molar-refractivity contribution in [3.63, 3.8) is 0 Å². The number of Topliss-reactive ketones (excluding diaryl/α,β-unsaturated/α-hetero) is 1. The van der Waals surface area contributed by atoms with Gasteiger partial charge >= 0.3 is 0 Å². The molecule has 0 heterocycles. The number of phenolic OH excluding ortho intramolecular Hbond substituents is 4. The van der Waals surface area contributed by atoms with E-state index in [1.807, 2.05) is 12.1 Å². The van der Waals surface area contributed by atoms with Crippen LogP contribution in [0.3, 0.4) is 0 Å². The van der Waals surface area contributed by atoms with Gasteiger partial charge in [0.05, 0.1) is 0 Å². The maximum absolute atomic E-state index is 12.5. The Morgan fingerprint density at radius 2 is 1.00 bits per heavy atom. The number of ketones is 1. The Hall–Kier alpha value is -2.95. The molecule has 0 aliphatic heterocycles. The summed E-state index contributed by atoms with van der Waals surface area (Å²) in [5.41, 5.74) is 6.06. The van der Waals surface area contributed by atoms with Crippen LogP contribution in [0.4, 0.5) is 0 Å². The Morgan fingerprint density at radius 3 is 1.46 bits per heavy atom. The zero-order chi connectivity index (χ0) is 35.0. The van der Waals surface area contributed by atoms with Crippen molar-refractivity contribution >= 4 is 5.78 Å². The lowest BCUT2D eigenvalue weighted by Gasteiger charge is -2.61. The highest BCUT2D eigenvalue weighted by Crippen LogP contribution is 2.70. The van der Waals surface area contributed by atoms with Crippen molar-refractivity contribution in [3.8, 4) is 23.0 Å². The van der Waals surface area contributed by atoms with Gasteiger partial charge in [0.1, 0.15) is 28.8 Å². The normalized spacial score (nSPS) is 39.9. The van der Waals surface area contributed by atoms with E-state index < -0.39 is 0 Å². The average molecular weight is 655 g/mol. The van der Waals surface area contributed by atoms with Gasteiger partial charge in [0.2, 0.25) is 0 Å². The first-order chi connectivity index (χ1) is 22.2. The van der Waals surface area contributed by atoms with Gasteiger partial charge < -0.3 is 20.4 Å². The maximum Gasteiger partial charge on any atom is 0.138 e. The largest absolute Gasteiger partial charge is 0.508 e. The molecule has 0 radical (unpaired) electrons. The first-order valence-corrected chi connectivity index (χ1v) is 18.5. The second kappa shape index (κ2) is 10.3. The molecule has 8 atom stereocenters. The van der Waals surface area contributed by atoms with E-state index in [0.29, 0.717) is 35.9 Å². The van der Waals surface area contributed by atoms with E-state index in [9.17, 15) is 25.2 Å². The number of carbonyl (C=O) groups excluding carboxylic acids is 1. The van der Waals surface area contributed by atoms with E-state index in [-0.39, 0.29) is 55.5 Å². The first-order valence-electron chi connectivity index (χ1n) is 18.5. The molecule has 0 saturated heterocycles. The van der Waals surface area contributed by atoms with E-state index in [4.69, 9.17) is 0 Å². The molecule has 0 bridgehead atoms. The standard InChI is InChI=1S/C22H30O2.C21H28O3/c1-13-6-8-21(4)17(20(13,2)3)7-9-22(5)18(21)11-14-10-15(23)12-16(24)19(14)22;1-19(2)15-5-7-21(4)16(20(15,3)8-6-17(19)24)10-12-9-13(22)11-14(23)18(12)21/h10,12,17-18,23-24H,1,6-9,11H2,2-5H3;9,11,15-16,22-23H,5-8,10H2,1-4H3/t17-,18+,21-,22+;15-,16+,20-,21+/m00/s1. The molecule has 0 spiro atoms. The van der Waals surface area contributed by atoms with Crippen LogP contribution in [-0.4, -0.2) is 26.2 Å². The fourth-order valence-corrected chi connectivity index (χ4v) is 13.7. The predicted octanol–water partition coefficient (Wildman–Crippen LogP) is 9.65. The van der Waals surface area contributed by atoms with Crippen LogP contribution in [0.2, 0.25) is 0 Å². The van der Waals surface area contributed by atoms with Gasteiger partial charge in [-0.05, 0) is 121 Å². The van der Waals surface area contributed by atoms with Crippen molar-refractivity contribution < 1.29 is 25.2 Å². The highest BCUT2D eigenvalue weighted by Gasteiger charge is 2.64. The highest BCUT2D eigenvalue weighted by molar-refractivity contribution is 5.85. The molecule has 260 valence electrons. The number of aromatic hydroxyl groups is 4. The summed E-state index contributed by atoms with van der Waals surface area (Å²) >= 11 is 0. The molecule has 0 aromatic heterocycles. The van der Waals surface area contributed by atoms with Gasteiger partial charge in [0, 0.05) is 45.9 Å². The quantitative estimate of drug-likeness (QED) is 0.212. The summed E-state index contributed by atoms with van der Waals surface area (Å²) in [6.07, 6.45) is 10.1. The Balaban J connectivity index is 0.000000152. The average Bonchev–Trinajstić information content (AvgIpc) is 3.46. The smallest absolute Gasteiger partial charge is 0.138 e. The van der Waals surface area contributed by atoms with E-state index in [2.05, 4.69) is 62.0 Å². The van der Waals surface area contributed by atoms with E-state index in [1.54, 1.807) is 0 Å². The maximum atomic E-state index is 12.5. The minimum absolute atomic E-state index is 0.0210. The topological polar surface area (TPSA) is 98.0 Å². The second-order valence-electron chi connectivity index (χ2n) is 19.0. The van der Waals surface area contributed by atoms with Gasteiger partial charge in [0.15, 0.2) is 0 Å². The zero-order valence-corrected chi connectivity index (χ0v) is 30.6. The third-order valence-corrected chi connectivity index (χ3v) is 16.2. The number of hydrogen-bond donors (Lipinski definition) is 4. The number of hydrogen-bond acceptors (Lipinski definition) is 5. The Morgan fingerprint density at radius 1 is 0.583 bits per heavy atom. The van der Waals surface area contributed by atoms with Crippen molar-refractivity contribution in [3.05, 3.63) is 58.7 Å². The van der Waals surface area contributed by atoms with Crippen LogP contribution in [0.15, 0.2) is 36.4 Å². The van der Waals surface area contributed by atoms with Gasteiger partial charge in [-0.25, -0.2) is 0 Å². The second-order valence-corrected chi connectivity index (χ2v) is 19.0. The van der Waals surface area contributed by atoms with Crippen molar-refractivity contribution in [2.24, 2.45) is 45.3 Å². The third kappa shape index (κ3) is 4.30. The van der Waals surface area contributed by atoms with Crippen LogP contribution >= 0.6 is 0 Å². The van der Waals surface area contributed by atoms with Gasteiger partial charge in [-0.2, -0.15) is 0 Å². The summed E-state index contributed by atoms with van der Waals surface area (Å²) in [5, 5.41) is 40.9. The molecular weight excluding hydrogens is 596 g/mol. The summed E-state index contributed by atoms with van der Waals surface area (Å²) in [6.45, 7) is 22.9. The molecule has 5 nitrogen and oxygen atoms in total. The summed E-state index contributed by atoms with van der Waals surface area (Å²) < 4.78 is 0. The number of carbonyl (C=O) groups is 1. The van der Waals surface area contributed by atoms with Crippen molar-refractivity contribution in [1.82, 2.24) is 0 Å². The Labute approximate surface area is 287 Å². The monoisotopic (exact) mass is 654 g/mol. The number of benzene rings is 2. The molecule has 6 aliphatic carbocycles. The number of fused-ring (bicyclic) bond motifs is 10. The van der Waals surface area contributed by atoms with Crippen molar-refractivity contribution in [1.29, 1.82) is 0 Å². The number of allylic oxidation sites excluding steroid dienone is 1. The molecule has 6 aliphatic rings. The molecule has 0 amide bonds. The minimum atomic E-state index is -0.257. The fraction of sp³-hybridized carbons (Fsp3) is 0.651. The molecule has 8 rings (SSSR count). The van der Waals surface area contributed by atoms with Gasteiger partial charge in [0.25, 0.3) is 0 Å². The van der Waals surface area contributed by atoms with E-state index in [1.165, 1.54) is 30.5 Å². The van der Waals surface area contributed by atoms with Crippen molar-refractivity contribution in [2.45, 2.75) is 130 Å². The summed E-state index contributed by atoms with van der Waals surface area (Å²) in [5.74, 6) is 3.26. The lowest BCUT2D eigenvalue weighted by molar-refractivity contribution is -0.151. The zero-order valence-electron chi connectivity index (χ0n) is 30.6. The lowest BCUT2D eigenvalue weighted by Crippen LogP contribution is -2.57. The molecule has 4 fully saturated rings. The molecule has 4 N–H and O–H groups in total. The molecule has 48 heavy (non-hydrogen) atoms. The minimum Gasteiger partial charge on any atom is -0.508 e. The highest BCUT2D eigenvalue weighted by atomic mass is 16.3. The van der Waals surface area contributed by atoms with Crippen LogP contribution in [0, 0.1) is 45.3 Å². The van der Waals surface area contributed by atoms with E-state index in [0.717, 1.165) is 67.2 Å². The molecule has 4 saturated carbocycles. The lowest BCUT2D eigenvalue weighted by atomic mass is 9.43. The number of phenols is 4. The molecule has 2 aromatic rings. The van der Waals surface area contributed by atoms with Crippen LogP contribution < -0.4 is 0 Å². The Kier molecular flexibility index (Phi) is 7.19. The van der Waals surface area contributed by atoms with Crippen LogP contribution in [0.1, 0.15) is 129 Å². The summed E-state index contributed by atoms with van der Waals surface area (Å²) in [7, 11) is 0. The molecular formula is C43H58O5. The van der Waals surface area contributed by atoms with Crippen molar-refractivity contribution in [2.75, 3.05) is 0 Å². The van der Waals surface area contributed by atoms with Gasteiger partial charge in [-0.1, -0.05) is 67.5 Å². The number of rotatable bonds is 0. The summed E-state index contributed by atoms with van der Waals surface area (Å²) in [6, 6.07) is 6.71. The SMILES string of the molecule is C=C1CC[C@]2(C)[C@H]3Cc4cc(O)cc(O)c4[C@]3(C)CC[C@H]2C1(C)C.CC1(C)C(=O)CC[C@]2(C)[C@H]3Cc4cc(O)cc(O)c4[C@]3(C)CC[C@@H]12. The Bertz CT molecular complexity index is 1590. The molecule has 5 heteroatoms. The van der Waals surface area contributed by atoms with Crippen LogP contribution in [0.25, 0.3) is 0 Å². The third-order valence-electron chi connectivity index (χ3n) is 16.2. The van der Waals surface area contributed by atoms with E-state index >= 15 is 0 Å². The van der Waals surface area contributed by atoms with Crippen LogP contribution in [0.5, 0.6) is 23.0 Å². The van der Waals surface area contributed by atoms with Crippen LogP contribution in [-0.2, 0) is 28.5 Å². The van der Waals surface area contributed by atoms with Gasteiger partial charge in [-0.15, -0.1) is 0 Å².